The van der Waals surface area contributed by atoms with Crippen LogP contribution < -0.4 is 4.74 Å². The lowest BCUT2D eigenvalue weighted by molar-refractivity contribution is 0.0973. The number of hydrogen-bond acceptors (Lipinski definition) is 6. The summed E-state index contributed by atoms with van der Waals surface area (Å²) in [5.74, 6) is 0.384. The molecule has 1 aliphatic rings. The number of hydrogen-bond donors (Lipinski definition) is 0. The average molecular weight is 494 g/mol. The maximum atomic E-state index is 13.3. The molecule has 4 rings (SSSR count). The second-order valence-electron chi connectivity index (χ2n) is 9.09. The first-order valence-electron chi connectivity index (χ1n) is 11.8. The first kappa shape index (κ1) is 25.0. The van der Waals surface area contributed by atoms with Crippen LogP contribution >= 0.6 is 0 Å². The van der Waals surface area contributed by atoms with Crippen molar-refractivity contribution >= 4 is 15.8 Å². The molecular weight excluding hydrogens is 462 g/mol. The van der Waals surface area contributed by atoms with Crippen molar-refractivity contribution in [3.8, 4) is 5.88 Å². The van der Waals surface area contributed by atoms with E-state index in [2.05, 4.69) is 53.5 Å². The van der Waals surface area contributed by atoms with Crippen molar-refractivity contribution in [2.24, 2.45) is 0 Å². The summed E-state index contributed by atoms with van der Waals surface area (Å²) in [7, 11) is -1.65. The lowest BCUT2D eigenvalue weighted by Gasteiger charge is -2.30. The summed E-state index contributed by atoms with van der Waals surface area (Å²) >= 11 is 0. The van der Waals surface area contributed by atoms with Crippen molar-refractivity contribution in [1.29, 1.82) is 0 Å². The molecule has 1 aromatic heterocycles. The van der Waals surface area contributed by atoms with E-state index in [1.165, 1.54) is 25.1 Å². The molecule has 1 fully saturated rings. The molecule has 2 heterocycles. The number of ether oxygens (including phenoxy) is 1. The van der Waals surface area contributed by atoms with Crippen molar-refractivity contribution in [3.05, 3.63) is 88.6 Å². The summed E-state index contributed by atoms with van der Waals surface area (Å²) in [6.07, 6.45) is 4.66. The standard InChI is InChI=1S/C27H31N3O4S/c1-19-6-4-5-7-23(19)25(18-26(31)24-12-15-28-29-27(24)34-2)22-10-8-20(9-11-22)21-13-16-30(17-14-21)35(3,32)33/h4-12,15,21,25H,13-14,16-18H2,1-3H3/t25-/m1/s1. The lowest BCUT2D eigenvalue weighted by atomic mass is 9.82. The Balaban J connectivity index is 1.59. The van der Waals surface area contributed by atoms with Gasteiger partial charge in [0.25, 0.3) is 0 Å². The molecular formula is C27H31N3O4S. The van der Waals surface area contributed by atoms with Crippen LogP contribution in [0.3, 0.4) is 0 Å². The fraction of sp³-hybridized carbons (Fsp3) is 0.370. The number of aromatic nitrogens is 2. The summed E-state index contributed by atoms with van der Waals surface area (Å²) in [5, 5.41) is 7.75. The maximum absolute atomic E-state index is 13.3. The molecule has 0 spiro atoms. The minimum atomic E-state index is -3.14. The SMILES string of the molecule is COc1nnccc1C(=O)C[C@H](c1ccc(C2CCN(S(C)(=O)=O)CC2)cc1)c1ccccc1C. The molecule has 8 heteroatoms. The maximum Gasteiger partial charge on any atom is 0.244 e. The average Bonchev–Trinajstić information content (AvgIpc) is 2.87. The number of carbonyl (C=O) groups excluding carboxylic acids is 1. The first-order valence-corrected chi connectivity index (χ1v) is 13.6. The summed E-state index contributed by atoms with van der Waals surface area (Å²) in [4.78, 5) is 13.3. The van der Waals surface area contributed by atoms with Crippen LogP contribution in [0, 0.1) is 6.92 Å². The van der Waals surface area contributed by atoms with E-state index < -0.39 is 10.0 Å². The number of sulfonamides is 1. The molecule has 0 N–H and O–H groups in total. The van der Waals surface area contributed by atoms with Gasteiger partial charge >= 0.3 is 0 Å². The van der Waals surface area contributed by atoms with E-state index in [9.17, 15) is 13.2 Å². The van der Waals surface area contributed by atoms with Crippen LogP contribution in [0.5, 0.6) is 5.88 Å². The highest BCUT2D eigenvalue weighted by Crippen LogP contribution is 2.35. The molecule has 0 amide bonds. The summed E-state index contributed by atoms with van der Waals surface area (Å²) < 4.78 is 30.5. The zero-order chi connectivity index (χ0) is 25.0. The quantitative estimate of drug-likeness (QED) is 0.434. The smallest absolute Gasteiger partial charge is 0.244 e. The van der Waals surface area contributed by atoms with E-state index in [1.807, 2.05) is 12.1 Å². The Hall–Kier alpha value is -3.10. The number of piperidine rings is 1. The predicted octanol–water partition coefficient (Wildman–Crippen LogP) is 4.34. The van der Waals surface area contributed by atoms with Gasteiger partial charge in [0.05, 0.1) is 25.1 Å². The predicted molar refractivity (Wildman–Crippen MR) is 135 cm³/mol. The highest BCUT2D eigenvalue weighted by Gasteiger charge is 2.27. The number of benzene rings is 2. The van der Waals surface area contributed by atoms with Gasteiger partial charge in [-0.2, -0.15) is 5.10 Å². The van der Waals surface area contributed by atoms with E-state index in [-0.39, 0.29) is 24.0 Å². The third kappa shape index (κ3) is 5.77. The molecule has 0 saturated carbocycles. The minimum Gasteiger partial charge on any atom is -0.479 e. The molecule has 35 heavy (non-hydrogen) atoms. The molecule has 7 nitrogen and oxygen atoms in total. The third-order valence-corrected chi connectivity index (χ3v) is 8.17. The molecule has 0 aliphatic carbocycles. The molecule has 0 radical (unpaired) electrons. The van der Waals surface area contributed by atoms with Crippen LogP contribution in [0.25, 0.3) is 0 Å². The normalized spacial score (nSPS) is 16.1. The molecule has 0 unspecified atom stereocenters. The van der Waals surface area contributed by atoms with Gasteiger partial charge in [-0.3, -0.25) is 4.79 Å². The van der Waals surface area contributed by atoms with E-state index in [1.54, 1.807) is 10.4 Å². The largest absolute Gasteiger partial charge is 0.479 e. The van der Waals surface area contributed by atoms with Crippen LogP contribution in [-0.4, -0.2) is 55.2 Å². The van der Waals surface area contributed by atoms with Gasteiger partial charge in [-0.25, -0.2) is 12.7 Å². The van der Waals surface area contributed by atoms with E-state index in [4.69, 9.17) is 4.74 Å². The van der Waals surface area contributed by atoms with Gasteiger partial charge in [0.2, 0.25) is 15.9 Å². The molecule has 0 bridgehead atoms. The molecule has 3 aromatic rings. The summed E-state index contributed by atoms with van der Waals surface area (Å²) in [6, 6.07) is 18.2. The second kappa shape index (κ2) is 10.7. The molecule has 184 valence electrons. The zero-order valence-corrected chi connectivity index (χ0v) is 21.2. The summed E-state index contributed by atoms with van der Waals surface area (Å²) in [5.41, 5.74) is 4.93. The van der Waals surface area contributed by atoms with Gasteiger partial charge < -0.3 is 4.74 Å². The molecule has 1 aliphatic heterocycles. The number of rotatable bonds is 8. The summed E-state index contributed by atoms with van der Waals surface area (Å²) in [6.45, 7) is 3.16. The number of methoxy groups -OCH3 is 1. The van der Waals surface area contributed by atoms with Crippen LogP contribution in [-0.2, 0) is 10.0 Å². The Bertz CT molecular complexity index is 1280. The van der Waals surface area contributed by atoms with Crippen molar-refractivity contribution < 1.29 is 17.9 Å². The molecule has 1 saturated heterocycles. The van der Waals surface area contributed by atoms with Gasteiger partial charge in [0.15, 0.2) is 5.78 Å². The molecule has 1 atom stereocenters. The number of carbonyl (C=O) groups is 1. The number of aryl methyl sites for hydroxylation is 1. The van der Waals surface area contributed by atoms with Gasteiger partial charge in [-0.05, 0) is 54.0 Å². The Morgan fingerprint density at radius 3 is 2.40 bits per heavy atom. The van der Waals surface area contributed by atoms with E-state index >= 15 is 0 Å². The van der Waals surface area contributed by atoms with Crippen LogP contribution in [0.4, 0.5) is 0 Å². The van der Waals surface area contributed by atoms with Crippen molar-refractivity contribution in [1.82, 2.24) is 14.5 Å². The van der Waals surface area contributed by atoms with Gasteiger partial charge in [-0.15, -0.1) is 5.10 Å². The van der Waals surface area contributed by atoms with Crippen LogP contribution in [0.1, 0.15) is 63.7 Å². The van der Waals surface area contributed by atoms with Crippen molar-refractivity contribution in [2.75, 3.05) is 26.5 Å². The fourth-order valence-corrected chi connectivity index (χ4v) is 5.76. The Labute approximate surface area is 207 Å². The highest BCUT2D eigenvalue weighted by molar-refractivity contribution is 7.88. The topological polar surface area (TPSA) is 89.5 Å². The van der Waals surface area contributed by atoms with E-state index in [0.717, 1.165) is 29.5 Å². The number of ketones is 1. The molecule has 2 aromatic carbocycles. The van der Waals surface area contributed by atoms with E-state index in [0.29, 0.717) is 24.6 Å². The fourth-order valence-electron chi connectivity index (χ4n) is 4.88. The van der Waals surface area contributed by atoms with Crippen LogP contribution in [0.2, 0.25) is 0 Å². The first-order chi connectivity index (χ1) is 16.8. The Kier molecular flexibility index (Phi) is 7.62. The van der Waals surface area contributed by atoms with Crippen molar-refractivity contribution in [2.45, 2.75) is 38.0 Å². The number of nitrogens with zero attached hydrogens (tertiary/aromatic N) is 3. The van der Waals surface area contributed by atoms with Crippen molar-refractivity contribution in [3.63, 3.8) is 0 Å². The van der Waals surface area contributed by atoms with Gasteiger partial charge in [-0.1, -0.05) is 48.5 Å². The van der Waals surface area contributed by atoms with Gasteiger partial charge in [0.1, 0.15) is 0 Å². The zero-order valence-electron chi connectivity index (χ0n) is 20.3. The second-order valence-corrected chi connectivity index (χ2v) is 11.1. The van der Waals surface area contributed by atoms with Crippen LogP contribution in [0.15, 0.2) is 60.8 Å². The third-order valence-electron chi connectivity index (χ3n) is 6.87. The lowest BCUT2D eigenvalue weighted by Crippen LogP contribution is -2.37. The highest BCUT2D eigenvalue weighted by atomic mass is 32.2. The van der Waals surface area contributed by atoms with Gasteiger partial charge in [0, 0.05) is 25.4 Å². The monoisotopic (exact) mass is 493 g/mol. The Morgan fingerprint density at radius 1 is 1.09 bits per heavy atom. The Morgan fingerprint density at radius 2 is 1.77 bits per heavy atom. The number of Topliss-reactive ketones (excluding diaryl/α,β-unsaturated/α-hetero) is 1. The minimum absolute atomic E-state index is 0.0535.